The van der Waals surface area contributed by atoms with E-state index in [1.54, 1.807) is 0 Å². The molecule has 0 fully saturated rings. The van der Waals surface area contributed by atoms with E-state index in [-0.39, 0.29) is 12.5 Å². The fourth-order valence-electron chi connectivity index (χ4n) is 1.15. The lowest BCUT2D eigenvalue weighted by Crippen LogP contribution is -2.34. The maximum atomic E-state index is 11.3. The largest absolute Gasteiger partial charge is 0.665 e. The third-order valence-electron chi connectivity index (χ3n) is 1.96. The minimum absolute atomic E-state index is 0.126. The molecule has 4 heteroatoms. The zero-order valence-corrected chi connectivity index (χ0v) is 8.69. The molecule has 0 aliphatic carbocycles. The first kappa shape index (κ1) is 11.7. The van der Waals surface area contributed by atoms with Gasteiger partial charge in [0.05, 0.1) is 0 Å². The van der Waals surface area contributed by atoms with Crippen LogP contribution in [0, 0.1) is 0 Å². The van der Waals surface area contributed by atoms with Gasteiger partial charge in [-0.3, -0.25) is 4.79 Å². The van der Waals surface area contributed by atoms with Crippen molar-refractivity contribution in [1.82, 2.24) is 5.32 Å². The summed E-state index contributed by atoms with van der Waals surface area (Å²) in [5, 5.41) is 2.68. The fourth-order valence-corrected chi connectivity index (χ4v) is 1.15. The zero-order chi connectivity index (χ0) is 11.1. The van der Waals surface area contributed by atoms with E-state index in [0.717, 1.165) is 5.56 Å². The second kappa shape index (κ2) is 6.16. The summed E-state index contributed by atoms with van der Waals surface area (Å²) in [6.45, 7) is 0.583. The molecule has 1 rings (SSSR count). The third-order valence-corrected chi connectivity index (χ3v) is 1.96. The Morgan fingerprint density at radius 2 is 2.13 bits per heavy atom. The summed E-state index contributed by atoms with van der Waals surface area (Å²) in [6, 6.07) is 8.75. The van der Waals surface area contributed by atoms with Crippen molar-refractivity contribution >= 4 is 5.91 Å². The number of carbonyl (C=O) groups excluding carboxylic acids is 1. The van der Waals surface area contributed by atoms with E-state index in [1.807, 2.05) is 30.3 Å². The smallest absolute Gasteiger partial charge is 0.204 e. The first-order chi connectivity index (χ1) is 7.24. The highest BCUT2D eigenvalue weighted by Gasteiger charge is 2.05. The minimum Gasteiger partial charge on any atom is -0.665 e. The van der Waals surface area contributed by atoms with Crippen LogP contribution >= 0.6 is 0 Å². The van der Waals surface area contributed by atoms with Gasteiger partial charge in [0.25, 0.3) is 0 Å². The van der Waals surface area contributed by atoms with Crippen molar-refractivity contribution in [2.45, 2.75) is 12.6 Å². The van der Waals surface area contributed by atoms with Crippen LogP contribution in [0.25, 0.3) is 5.73 Å². The molecule has 0 aliphatic heterocycles. The van der Waals surface area contributed by atoms with Crippen LogP contribution in [0.3, 0.4) is 0 Å². The molecule has 0 saturated carbocycles. The molecular weight excluding hydrogens is 192 g/mol. The Bertz CT molecular complexity index is 301. The molecule has 1 aromatic carbocycles. The predicted octanol–water partition coefficient (Wildman–Crippen LogP) is 1.37. The van der Waals surface area contributed by atoms with Crippen LogP contribution in [0.4, 0.5) is 0 Å². The average molecular weight is 207 g/mol. The normalized spacial score (nSPS) is 12.1. The van der Waals surface area contributed by atoms with Gasteiger partial charge in [0.15, 0.2) is 0 Å². The molecule has 1 atom stereocenters. The highest BCUT2D eigenvalue weighted by molar-refractivity contribution is 5.83. The molecule has 0 saturated heterocycles. The third kappa shape index (κ3) is 4.10. The molecule has 0 radical (unpaired) electrons. The first-order valence-electron chi connectivity index (χ1n) is 4.75. The highest BCUT2D eigenvalue weighted by Crippen LogP contribution is 1.98. The molecule has 15 heavy (non-hydrogen) atoms. The van der Waals surface area contributed by atoms with Crippen molar-refractivity contribution in [3.63, 3.8) is 0 Å². The van der Waals surface area contributed by atoms with Crippen molar-refractivity contribution in [3.8, 4) is 0 Å². The number of benzene rings is 1. The van der Waals surface area contributed by atoms with E-state index in [9.17, 15) is 4.79 Å². The fraction of sp³-hybridized carbons (Fsp3) is 0.364. The molecule has 1 unspecified atom stereocenters. The lowest BCUT2D eigenvalue weighted by atomic mass is 10.2. The van der Waals surface area contributed by atoms with Gasteiger partial charge in [0, 0.05) is 20.3 Å². The number of methoxy groups -OCH3 is 1. The standard InChI is InChI=1S/C11H15N2O2/c1-15-8-10(12)11(14)13-7-9-5-3-2-4-6-9/h2-6,10,12H,7-8H2,1H3,(H,13,14)/q-1. The summed E-state index contributed by atoms with van der Waals surface area (Å²) < 4.78 is 4.73. The number of nitrogens with one attached hydrogen (secondary N) is 2. The van der Waals surface area contributed by atoms with Crippen molar-refractivity contribution in [1.29, 1.82) is 0 Å². The van der Waals surface area contributed by atoms with Crippen LogP contribution in [-0.4, -0.2) is 25.7 Å². The molecule has 0 bridgehead atoms. The van der Waals surface area contributed by atoms with Crippen molar-refractivity contribution in [2.24, 2.45) is 0 Å². The molecule has 4 nitrogen and oxygen atoms in total. The van der Waals surface area contributed by atoms with Crippen LogP contribution in [0.2, 0.25) is 0 Å². The Morgan fingerprint density at radius 1 is 1.47 bits per heavy atom. The van der Waals surface area contributed by atoms with Gasteiger partial charge >= 0.3 is 0 Å². The molecule has 1 amide bonds. The van der Waals surface area contributed by atoms with E-state index >= 15 is 0 Å². The molecule has 0 spiro atoms. The molecule has 0 aromatic heterocycles. The summed E-state index contributed by atoms with van der Waals surface area (Å²) in [4.78, 5) is 11.3. The van der Waals surface area contributed by atoms with Gasteiger partial charge in [-0.25, -0.2) is 0 Å². The van der Waals surface area contributed by atoms with E-state index in [0.29, 0.717) is 6.54 Å². The molecule has 0 aliphatic rings. The number of hydrogen-bond donors (Lipinski definition) is 1. The number of hydrogen-bond acceptors (Lipinski definition) is 2. The summed E-state index contributed by atoms with van der Waals surface area (Å²) in [5.41, 5.74) is 8.43. The molecule has 2 N–H and O–H groups in total. The van der Waals surface area contributed by atoms with Crippen molar-refractivity contribution in [3.05, 3.63) is 41.6 Å². The number of carbonyl (C=O) groups is 1. The maximum absolute atomic E-state index is 11.3. The van der Waals surface area contributed by atoms with Crippen molar-refractivity contribution < 1.29 is 9.53 Å². The quantitative estimate of drug-likeness (QED) is 0.792. The monoisotopic (exact) mass is 207 g/mol. The Kier molecular flexibility index (Phi) is 4.80. The summed E-state index contributed by atoms with van der Waals surface area (Å²) in [5.74, 6) is -0.305. The van der Waals surface area contributed by atoms with Crippen LogP contribution in [0.15, 0.2) is 30.3 Å². The average Bonchev–Trinajstić information content (AvgIpc) is 2.27. The van der Waals surface area contributed by atoms with Gasteiger partial charge in [-0.05, 0) is 11.6 Å². The lowest BCUT2D eigenvalue weighted by molar-refractivity contribution is -0.122. The zero-order valence-electron chi connectivity index (χ0n) is 8.69. The van der Waals surface area contributed by atoms with Crippen molar-refractivity contribution in [2.75, 3.05) is 13.7 Å². The number of ether oxygens (including phenoxy) is 1. The molecule has 0 heterocycles. The van der Waals surface area contributed by atoms with E-state index in [4.69, 9.17) is 10.5 Å². The van der Waals surface area contributed by atoms with Gasteiger partial charge in [0.2, 0.25) is 5.91 Å². The number of rotatable bonds is 5. The lowest BCUT2D eigenvalue weighted by Gasteiger charge is -2.18. The maximum Gasteiger partial charge on any atom is 0.204 e. The second-order valence-corrected chi connectivity index (χ2v) is 3.21. The number of amides is 1. The molecular formula is C11H15N2O2-. The second-order valence-electron chi connectivity index (χ2n) is 3.21. The van der Waals surface area contributed by atoms with Gasteiger partial charge in [-0.2, -0.15) is 0 Å². The molecule has 82 valence electrons. The Balaban J connectivity index is 2.34. The van der Waals surface area contributed by atoms with E-state index < -0.39 is 6.04 Å². The highest BCUT2D eigenvalue weighted by atomic mass is 16.5. The predicted molar refractivity (Wildman–Crippen MR) is 58.3 cm³/mol. The van der Waals surface area contributed by atoms with E-state index in [1.165, 1.54) is 7.11 Å². The Labute approximate surface area is 89.4 Å². The van der Waals surface area contributed by atoms with Crippen LogP contribution in [0.5, 0.6) is 0 Å². The summed E-state index contributed by atoms with van der Waals surface area (Å²) in [7, 11) is 1.48. The first-order valence-corrected chi connectivity index (χ1v) is 4.75. The van der Waals surface area contributed by atoms with E-state index in [2.05, 4.69) is 5.32 Å². The Hall–Kier alpha value is -1.39. The minimum atomic E-state index is -0.848. The summed E-state index contributed by atoms with van der Waals surface area (Å²) in [6.07, 6.45) is 0. The Morgan fingerprint density at radius 3 is 2.73 bits per heavy atom. The van der Waals surface area contributed by atoms with Gasteiger partial charge in [-0.15, -0.1) is 0 Å². The van der Waals surface area contributed by atoms with Crippen LogP contribution in [-0.2, 0) is 16.1 Å². The van der Waals surface area contributed by atoms with Crippen LogP contribution in [0.1, 0.15) is 5.56 Å². The van der Waals surface area contributed by atoms with Gasteiger partial charge < -0.3 is 15.8 Å². The van der Waals surface area contributed by atoms with Gasteiger partial charge in [-0.1, -0.05) is 30.3 Å². The van der Waals surface area contributed by atoms with Crippen LogP contribution < -0.4 is 5.32 Å². The SMILES string of the molecule is COCC([NH-])C(=O)NCc1ccccc1. The van der Waals surface area contributed by atoms with Gasteiger partial charge in [0.1, 0.15) is 0 Å². The molecule has 1 aromatic rings. The topological polar surface area (TPSA) is 62.1 Å². The summed E-state index contributed by atoms with van der Waals surface area (Å²) >= 11 is 0.